The molecule has 0 spiro atoms. The molecule has 2 amide bonds. The lowest BCUT2D eigenvalue weighted by Crippen LogP contribution is -2.20. The molecule has 2 rings (SSSR count). The number of benzene rings is 1. The van der Waals surface area contributed by atoms with E-state index in [-0.39, 0.29) is 18.5 Å². The zero-order chi connectivity index (χ0) is 18.1. The fraction of sp³-hybridized carbons (Fsp3) is 0.125. The second kappa shape index (κ2) is 8.87. The molecule has 25 heavy (non-hydrogen) atoms. The molecule has 2 N–H and O–H groups in total. The molecule has 0 atom stereocenters. The topological polar surface area (TPSA) is 127 Å². The van der Waals surface area contributed by atoms with Crippen molar-refractivity contribution >= 4 is 29.4 Å². The number of carbonyl (C=O) groups is 2. The summed E-state index contributed by atoms with van der Waals surface area (Å²) in [7, 11) is 0. The largest absolute Gasteiger partial charge is 0.326 e. The number of aromatic nitrogens is 1. The van der Waals surface area contributed by atoms with E-state index in [1.165, 1.54) is 30.5 Å². The van der Waals surface area contributed by atoms with Crippen LogP contribution < -0.4 is 10.7 Å². The van der Waals surface area contributed by atoms with Crippen LogP contribution in [0.5, 0.6) is 0 Å². The molecule has 1 aromatic heterocycles. The molecule has 0 unspecified atom stereocenters. The van der Waals surface area contributed by atoms with Crippen molar-refractivity contribution in [3.8, 4) is 0 Å². The lowest BCUT2D eigenvalue weighted by Gasteiger charge is -2.04. The van der Waals surface area contributed by atoms with Crippen LogP contribution in [0.25, 0.3) is 0 Å². The van der Waals surface area contributed by atoms with Gasteiger partial charge in [-0.25, -0.2) is 5.43 Å². The number of nitrogens with one attached hydrogen (secondary N) is 2. The average Bonchev–Trinajstić information content (AvgIpc) is 2.61. The van der Waals surface area contributed by atoms with Gasteiger partial charge in [-0.05, 0) is 18.2 Å². The molecule has 1 aromatic carbocycles. The van der Waals surface area contributed by atoms with Crippen LogP contribution in [0.1, 0.15) is 18.5 Å². The summed E-state index contributed by atoms with van der Waals surface area (Å²) in [5.41, 5.74) is 3.06. The lowest BCUT2D eigenvalue weighted by molar-refractivity contribution is -0.384. The van der Waals surface area contributed by atoms with Gasteiger partial charge in [0.25, 0.3) is 5.69 Å². The molecular weight excluding hydrogens is 326 g/mol. The van der Waals surface area contributed by atoms with Crippen LogP contribution in [0, 0.1) is 10.1 Å². The minimum absolute atomic E-state index is 0.0691. The van der Waals surface area contributed by atoms with Crippen molar-refractivity contribution < 1.29 is 14.5 Å². The Hall–Kier alpha value is -3.62. The number of nitro benzene ring substituents is 1. The highest BCUT2D eigenvalue weighted by atomic mass is 16.6. The minimum Gasteiger partial charge on any atom is -0.326 e. The minimum atomic E-state index is -0.553. The molecule has 0 bridgehead atoms. The third-order valence-electron chi connectivity index (χ3n) is 2.99. The summed E-state index contributed by atoms with van der Waals surface area (Å²) in [5, 5.41) is 16.9. The number of anilines is 1. The van der Waals surface area contributed by atoms with Gasteiger partial charge in [0.05, 0.1) is 16.8 Å². The standard InChI is InChI=1S/C16H15N5O4/c22-15(19-12-5-3-6-14(10-12)21(24)25)7-8-16(23)20-18-11-13-4-1-2-9-17-13/h1-6,9-11H,7-8H2,(H,19,22)(H,20,23)/b18-11-. The summed E-state index contributed by atoms with van der Waals surface area (Å²) in [5.74, 6) is -0.856. The quantitative estimate of drug-likeness (QED) is 0.451. The Balaban J connectivity index is 1.76. The van der Waals surface area contributed by atoms with Gasteiger partial charge in [-0.2, -0.15) is 5.10 Å². The van der Waals surface area contributed by atoms with Crippen molar-refractivity contribution in [3.05, 3.63) is 64.5 Å². The SMILES string of the molecule is O=C(CCC(=O)Nc1cccc([N+](=O)[O-])c1)N/N=C\c1ccccn1. The van der Waals surface area contributed by atoms with Crippen LogP contribution >= 0.6 is 0 Å². The highest BCUT2D eigenvalue weighted by Gasteiger charge is 2.09. The number of hydrogen-bond acceptors (Lipinski definition) is 6. The normalized spacial score (nSPS) is 10.4. The van der Waals surface area contributed by atoms with E-state index in [4.69, 9.17) is 0 Å². The van der Waals surface area contributed by atoms with Gasteiger partial charge in [0.1, 0.15) is 0 Å². The number of carbonyl (C=O) groups excluding carboxylic acids is 2. The van der Waals surface area contributed by atoms with Crippen LogP contribution in [0.4, 0.5) is 11.4 Å². The zero-order valence-electron chi connectivity index (χ0n) is 13.1. The Bertz CT molecular complexity index is 792. The molecule has 0 saturated carbocycles. The van der Waals surface area contributed by atoms with Crippen molar-refractivity contribution in [2.24, 2.45) is 5.10 Å². The monoisotopic (exact) mass is 341 g/mol. The number of pyridine rings is 1. The van der Waals surface area contributed by atoms with Gasteiger partial charge < -0.3 is 5.32 Å². The number of amides is 2. The van der Waals surface area contributed by atoms with E-state index >= 15 is 0 Å². The summed E-state index contributed by atoms with van der Waals surface area (Å²) in [6, 6.07) is 10.8. The summed E-state index contributed by atoms with van der Waals surface area (Å²) < 4.78 is 0. The fourth-order valence-electron chi connectivity index (χ4n) is 1.83. The van der Waals surface area contributed by atoms with Crippen molar-refractivity contribution in [2.75, 3.05) is 5.32 Å². The average molecular weight is 341 g/mol. The first-order valence-corrected chi connectivity index (χ1v) is 7.32. The predicted molar refractivity (Wildman–Crippen MR) is 90.9 cm³/mol. The molecule has 0 aliphatic rings. The van der Waals surface area contributed by atoms with Gasteiger partial charge in [0.2, 0.25) is 11.8 Å². The molecule has 0 radical (unpaired) electrons. The molecule has 9 heteroatoms. The molecule has 9 nitrogen and oxygen atoms in total. The molecule has 0 aliphatic heterocycles. The van der Waals surface area contributed by atoms with E-state index in [2.05, 4.69) is 20.8 Å². The van der Waals surface area contributed by atoms with Gasteiger partial charge in [0.15, 0.2) is 0 Å². The van der Waals surface area contributed by atoms with Crippen LogP contribution in [-0.4, -0.2) is 27.9 Å². The number of hydrogen-bond donors (Lipinski definition) is 2. The summed E-state index contributed by atoms with van der Waals surface area (Å²) in [6.45, 7) is 0. The third-order valence-corrected chi connectivity index (χ3v) is 2.99. The van der Waals surface area contributed by atoms with Crippen LogP contribution in [0.15, 0.2) is 53.8 Å². The highest BCUT2D eigenvalue weighted by molar-refractivity contribution is 5.93. The molecule has 128 valence electrons. The van der Waals surface area contributed by atoms with Gasteiger partial charge in [-0.15, -0.1) is 0 Å². The number of non-ortho nitro benzene ring substituents is 1. The Morgan fingerprint density at radius 1 is 1.16 bits per heavy atom. The predicted octanol–water partition coefficient (Wildman–Crippen LogP) is 1.86. The number of hydrazone groups is 1. The summed E-state index contributed by atoms with van der Waals surface area (Å²) in [4.78, 5) is 37.5. The van der Waals surface area contributed by atoms with Gasteiger partial charge in [0, 0.05) is 36.9 Å². The number of nitro groups is 1. The molecule has 0 saturated heterocycles. The van der Waals surface area contributed by atoms with E-state index in [1.54, 1.807) is 24.4 Å². The van der Waals surface area contributed by atoms with Crippen molar-refractivity contribution in [1.29, 1.82) is 0 Å². The lowest BCUT2D eigenvalue weighted by atomic mass is 10.2. The summed E-state index contributed by atoms with van der Waals surface area (Å²) in [6.07, 6.45) is 2.84. The summed E-state index contributed by atoms with van der Waals surface area (Å²) >= 11 is 0. The van der Waals surface area contributed by atoms with E-state index < -0.39 is 16.7 Å². The third kappa shape index (κ3) is 6.18. The van der Waals surface area contributed by atoms with Crippen LogP contribution in [0.3, 0.4) is 0 Å². The zero-order valence-corrected chi connectivity index (χ0v) is 13.1. The number of nitrogens with zero attached hydrogens (tertiary/aromatic N) is 3. The smallest absolute Gasteiger partial charge is 0.271 e. The van der Waals surface area contributed by atoms with Gasteiger partial charge in [-0.3, -0.25) is 24.7 Å². The Morgan fingerprint density at radius 2 is 1.96 bits per heavy atom. The first-order chi connectivity index (χ1) is 12.0. The maximum absolute atomic E-state index is 11.8. The molecule has 0 aliphatic carbocycles. The Kier molecular flexibility index (Phi) is 6.29. The number of rotatable bonds is 7. The molecule has 0 fully saturated rings. The maximum Gasteiger partial charge on any atom is 0.271 e. The van der Waals surface area contributed by atoms with Crippen LogP contribution in [-0.2, 0) is 9.59 Å². The Morgan fingerprint density at radius 3 is 2.68 bits per heavy atom. The maximum atomic E-state index is 11.8. The first-order valence-electron chi connectivity index (χ1n) is 7.32. The van der Waals surface area contributed by atoms with E-state index in [9.17, 15) is 19.7 Å². The van der Waals surface area contributed by atoms with Gasteiger partial charge in [-0.1, -0.05) is 12.1 Å². The van der Waals surface area contributed by atoms with E-state index in [1.807, 2.05) is 0 Å². The fourth-order valence-corrected chi connectivity index (χ4v) is 1.83. The molecule has 1 heterocycles. The highest BCUT2D eigenvalue weighted by Crippen LogP contribution is 2.17. The molecular formula is C16H15N5O4. The van der Waals surface area contributed by atoms with E-state index in [0.29, 0.717) is 11.4 Å². The van der Waals surface area contributed by atoms with Crippen molar-refractivity contribution in [2.45, 2.75) is 12.8 Å². The second-order valence-electron chi connectivity index (χ2n) is 4.90. The second-order valence-corrected chi connectivity index (χ2v) is 4.90. The first kappa shape index (κ1) is 17.7. The van der Waals surface area contributed by atoms with Gasteiger partial charge >= 0.3 is 0 Å². The van der Waals surface area contributed by atoms with E-state index in [0.717, 1.165) is 0 Å². The van der Waals surface area contributed by atoms with Crippen molar-refractivity contribution in [3.63, 3.8) is 0 Å². The Labute approximate surface area is 142 Å². The molecule has 2 aromatic rings. The van der Waals surface area contributed by atoms with Crippen molar-refractivity contribution in [1.82, 2.24) is 10.4 Å². The van der Waals surface area contributed by atoms with Crippen LogP contribution in [0.2, 0.25) is 0 Å².